The van der Waals surface area contributed by atoms with E-state index >= 15 is 0 Å². The molecular formula is C12H18BrN3O3S2. The summed E-state index contributed by atoms with van der Waals surface area (Å²) < 4.78 is 27.2. The fourth-order valence-corrected chi connectivity index (χ4v) is 5.21. The van der Waals surface area contributed by atoms with Crippen molar-refractivity contribution in [2.45, 2.75) is 36.1 Å². The van der Waals surface area contributed by atoms with Gasteiger partial charge in [0.15, 0.2) is 0 Å². The predicted molar refractivity (Wildman–Crippen MR) is 85.8 cm³/mol. The second-order valence-corrected chi connectivity index (χ2v) is 9.40. The molecule has 118 valence electrons. The first-order valence-electron chi connectivity index (χ1n) is 6.66. The number of amides is 1. The van der Waals surface area contributed by atoms with Crippen LogP contribution >= 0.6 is 27.3 Å². The van der Waals surface area contributed by atoms with Crippen molar-refractivity contribution in [1.29, 1.82) is 0 Å². The van der Waals surface area contributed by atoms with Crippen molar-refractivity contribution in [3.63, 3.8) is 0 Å². The van der Waals surface area contributed by atoms with Gasteiger partial charge >= 0.3 is 0 Å². The van der Waals surface area contributed by atoms with Gasteiger partial charge in [0.05, 0.1) is 10.3 Å². The van der Waals surface area contributed by atoms with Gasteiger partial charge in [-0.1, -0.05) is 0 Å². The van der Waals surface area contributed by atoms with Crippen LogP contribution in [0, 0.1) is 0 Å². The van der Waals surface area contributed by atoms with Crippen molar-refractivity contribution in [2.75, 3.05) is 13.1 Å². The number of thiophene rings is 1. The maximum absolute atomic E-state index is 12.0. The van der Waals surface area contributed by atoms with E-state index in [1.807, 2.05) is 6.92 Å². The van der Waals surface area contributed by atoms with E-state index in [-0.39, 0.29) is 28.7 Å². The largest absolute Gasteiger partial charge is 0.351 e. The number of carbonyl (C=O) groups excluding carboxylic acids is 1. The number of halogens is 1. The van der Waals surface area contributed by atoms with Crippen molar-refractivity contribution in [3.8, 4) is 0 Å². The van der Waals surface area contributed by atoms with E-state index < -0.39 is 10.0 Å². The summed E-state index contributed by atoms with van der Waals surface area (Å²) in [5.74, 6) is -0.310. The van der Waals surface area contributed by atoms with Crippen LogP contribution in [0.3, 0.4) is 0 Å². The highest BCUT2D eigenvalue weighted by Crippen LogP contribution is 2.25. The molecule has 6 nitrogen and oxygen atoms in total. The van der Waals surface area contributed by atoms with Gasteiger partial charge in [-0.05, 0) is 54.4 Å². The summed E-state index contributed by atoms with van der Waals surface area (Å²) in [4.78, 5) is 11.9. The molecule has 0 radical (unpaired) electrons. The Morgan fingerprint density at radius 2 is 2.29 bits per heavy atom. The van der Waals surface area contributed by atoms with Crippen molar-refractivity contribution >= 4 is 43.2 Å². The topological polar surface area (TPSA) is 87.3 Å². The fraction of sp³-hybridized carbons (Fsp3) is 0.583. The van der Waals surface area contributed by atoms with E-state index in [9.17, 15) is 13.2 Å². The Bertz CT molecular complexity index is 603. The third kappa shape index (κ3) is 4.75. The molecule has 1 aliphatic rings. The molecule has 1 aromatic rings. The van der Waals surface area contributed by atoms with Gasteiger partial charge in [-0.25, -0.2) is 13.1 Å². The summed E-state index contributed by atoms with van der Waals surface area (Å²) in [6.45, 7) is 2.71. The van der Waals surface area contributed by atoms with Crippen LogP contribution in [0.5, 0.6) is 0 Å². The summed E-state index contributed by atoms with van der Waals surface area (Å²) in [5.41, 5.74) is 0. The average Bonchev–Trinajstić information content (AvgIpc) is 2.87. The lowest BCUT2D eigenvalue weighted by Crippen LogP contribution is -2.53. The lowest BCUT2D eigenvalue weighted by Gasteiger charge is -2.30. The van der Waals surface area contributed by atoms with E-state index in [1.165, 1.54) is 6.07 Å². The second-order valence-electron chi connectivity index (χ2n) is 4.94. The van der Waals surface area contributed by atoms with Crippen molar-refractivity contribution in [1.82, 2.24) is 15.4 Å². The van der Waals surface area contributed by atoms with Crippen LogP contribution in [0.15, 0.2) is 20.1 Å². The van der Waals surface area contributed by atoms with Crippen LogP contribution in [0.25, 0.3) is 0 Å². The maximum atomic E-state index is 12.0. The molecule has 2 unspecified atom stereocenters. The second kappa shape index (κ2) is 7.19. The third-order valence-corrected chi connectivity index (χ3v) is 6.86. The molecule has 1 aromatic heterocycles. The Morgan fingerprint density at radius 3 is 2.90 bits per heavy atom. The Balaban J connectivity index is 1.86. The van der Waals surface area contributed by atoms with E-state index in [2.05, 4.69) is 31.3 Å². The van der Waals surface area contributed by atoms with Crippen LogP contribution < -0.4 is 15.4 Å². The average molecular weight is 396 g/mol. The van der Waals surface area contributed by atoms with Gasteiger partial charge in [0.25, 0.3) is 10.0 Å². The highest BCUT2D eigenvalue weighted by molar-refractivity contribution is 9.11. The zero-order valence-electron chi connectivity index (χ0n) is 11.6. The number of carbonyl (C=O) groups is 1. The highest BCUT2D eigenvalue weighted by Gasteiger charge is 2.23. The van der Waals surface area contributed by atoms with Gasteiger partial charge in [-0.2, -0.15) is 0 Å². The Kier molecular flexibility index (Phi) is 5.78. The van der Waals surface area contributed by atoms with Crippen LogP contribution in [0.1, 0.15) is 19.8 Å². The minimum Gasteiger partial charge on any atom is -0.351 e. The molecule has 0 spiro atoms. The molecule has 1 amide bonds. The molecule has 0 aliphatic carbocycles. The standard InChI is InChI=1S/C12H18BrN3O3S2/c1-8-9(3-2-6-14-8)16-11(17)7-15-21(18,19)12-5-4-10(13)20-12/h4-5,8-9,14-15H,2-3,6-7H2,1H3,(H,16,17). The normalized spacial score (nSPS) is 23.0. The molecule has 0 aromatic carbocycles. The van der Waals surface area contributed by atoms with Gasteiger partial charge < -0.3 is 10.6 Å². The molecule has 0 saturated carbocycles. The van der Waals surface area contributed by atoms with E-state index in [4.69, 9.17) is 0 Å². The molecule has 21 heavy (non-hydrogen) atoms. The number of sulfonamides is 1. The van der Waals surface area contributed by atoms with E-state index in [0.29, 0.717) is 0 Å². The molecule has 3 N–H and O–H groups in total. The molecular weight excluding hydrogens is 378 g/mol. The Labute approximate surface area is 136 Å². The first-order valence-corrected chi connectivity index (χ1v) is 9.75. The fourth-order valence-electron chi connectivity index (χ4n) is 2.17. The summed E-state index contributed by atoms with van der Waals surface area (Å²) in [7, 11) is -3.63. The molecule has 2 rings (SSSR count). The summed E-state index contributed by atoms with van der Waals surface area (Å²) in [5, 5.41) is 6.15. The predicted octanol–water partition coefficient (Wildman–Crippen LogP) is 1.05. The van der Waals surface area contributed by atoms with Crippen LogP contribution in [0.4, 0.5) is 0 Å². The molecule has 9 heteroatoms. The zero-order valence-corrected chi connectivity index (χ0v) is 14.8. The third-order valence-electron chi connectivity index (χ3n) is 3.34. The van der Waals surface area contributed by atoms with Crippen LogP contribution in [0.2, 0.25) is 0 Å². The van der Waals surface area contributed by atoms with E-state index in [0.717, 1.165) is 34.5 Å². The first kappa shape index (κ1) is 16.9. The van der Waals surface area contributed by atoms with Gasteiger partial charge in [0.1, 0.15) is 4.21 Å². The minimum atomic E-state index is -3.63. The molecule has 2 heterocycles. The molecule has 0 bridgehead atoms. The molecule has 1 saturated heterocycles. The van der Waals surface area contributed by atoms with Gasteiger partial charge in [-0.15, -0.1) is 11.3 Å². The highest BCUT2D eigenvalue weighted by atomic mass is 79.9. The number of rotatable bonds is 5. The lowest BCUT2D eigenvalue weighted by atomic mass is 10.00. The minimum absolute atomic E-state index is 0.0478. The van der Waals surface area contributed by atoms with Gasteiger partial charge in [0, 0.05) is 12.1 Å². The Morgan fingerprint density at radius 1 is 1.52 bits per heavy atom. The quantitative estimate of drug-likeness (QED) is 0.694. The van der Waals surface area contributed by atoms with Crippen molar-refractivity contribution in [2.24, 2.45) is 0 Å². The SMILES string of the molecule is CC1NCCCC1NC(=O)CNS(=O)(=O)c1ccc(Br)s1. The number of hydrogen-bond donors (Lipinski definition) is 3. The number of hydrogen-bond acceptors (Lipinski definition) is 5. The molecule has 1 fully saturated rings. The zero-order chi connectivity index (χ0) is 15.5. The smallest absolute Gasteiger partial charge is 0.250 e. The summed E-state index contributed by atoms with van der Waals surface area (Å²) in [6, 6.07) is 3.41. The monoisotopic (exact) mass is 395 g/mol. The number of nitrogens with one attached hydrogen (secondary N) is 3. The van der Waals surface area contributed by atoms with Crippen LogP contribution in [-0.4, -0.2) is 39.5 Å². The molecule has 1 aliphatic heterocycles. The summed E-state index contributed by atoms with van der Waals surface area (Å²) >= 11 is 4.32. The van der Waals surface area contributed by atoms with Crippen molar-refractivity contribution in [3.05, 3.63) is 15.9 Å². The lowest BCUT2D eigenvalue weighted by molar-refractivity contribution is -0.121. The van der Waals surface area contributed by atoms with Gasteiger partial charge in [0.2, 0.25) is 5.91 Å². The van der Waals surface area contributed by atoms with Crippen molar-refractivity contribution < 1.29 is 13.2 Å². The molecule has 2 atom stereocenters. The van der Waals surface area contributed by atoms with E-state index in [1.54, 1.807) is 6.07 Å². The van der Waals surface area contributed by atoms with Crippen LogP contribution in [-0.2, 0) is 14.8 Å². The maximum Gasteiger partial charge on any atom is 0.250 e. The number of piperidine rings is 1. The first-order chi connectivity index (χ1) is 9.88. The summed E-state index contributed by atoms with van der Waals surface area (Å²) in [6.07, 6.45) is 1.91. The Hall–Kier alpha value is -0.480. The van der Waals surface area contributed by atoms with Gasteiger partial charge in [-0.3, -0.25) is 4.79 Å².